The quantitative estimate of drug-likeness (QED) is 0.822. The Labute approximate surface area is 95.3 Å². The number of nitrogens with zero attached hydrogens (tertiary/aromatic N) is 2. The van der Waals surface area contributed by atoms with Gasteiger partial charge in [-0.05, 0) is 23.8 Å². The second-order valence-corrected chi connectivity index (χ2v) is 3.85. The van der Waals surface area contributed by atoms with Crippen molar-refractivity contribution in [2.75, 3.05) is 24.3 Å². The molecule has 2 rings (SSSR count). The van der Waals surface area contributed by atoms with Gasteiger partial charge in [0.2, 0.25) is 0 Å². The van der Waals surface area contributed by atoms with Gasteiger partial charge in [0.05, 0.1) is 0 Å². The number of pyridine rings is 1. The van der Waals surface area contributed by atoms with Crippen molar-refractivity contribution in [2.24, 2.45) is 0 Å². The Bertz CT molecular complexity index is 434. The first-order chi connectivity index (χ1) is 7.75. The minimum Gasteiger partial charge on any atom is -0.367 e. The minimum absolute atomic E-state index is 0.785. The summed E-state index contributed by atoms with van der Waals surface area (Å²) in [6.45, 7) is 0.785. The van der Waals surface area contributed by atoms with Gasteiger partial charge in [0.25, 0.3) is 0 Å². The van der Waals surface area contributed by atoms with E-state index < -0.39 is 0 Å². The number of anilines is 2. The Morgan fingerprint density at radius 2 is 2.19 bits per heavy atom. The van der Waals surface area contributed by atoms with Crippen LogP contribution in [0.5, 0.6) is 0 Å². The predicted octanol–water partition coefficient (Wildman–Crippen LogP) is 2.09. The van der Waals surface area contributed by atoms with Crippen molar-refractivity contribution in [2.45, 2.75) is 6.54 Å². The maximum absolute atomic E-state index is 4.48. The number of aromatic nitrogens is 2. The van der Waals surface area contributed by atoms with Crippen molar-refractivity contribution in [3.63, 3.8) is 0 Å². The van der Waals surface area contributed by atoms with E-state index in [-0.39, 0.29) is 0 Å². The lowest BCUT2D eigenvalue weighted by molar-refractivity contribution is 1.05. The van der Waals surface area contributed by atoms with Gasteiger partial charge >= 0.3 is 0 Å². The monoisotopic (exact) mass is 216 g/mol. The molecule has 2 aromatic rings. The van der Waals surface area contributed by atoms with Crippen LogP contribution >= 0.6 is 0 Å². The van der Waals surface area contributed by atoms with Crippen LogP contribution < -0.4 is 10.2 Å². The summed E-state index contributed by atoms with van der Waals surface area (Å²) in [6, 6.07) is 8.01. The van der Waals surface area contributed by atoms with Gasteiger partial charge in [-0.2, -0.15) is 0 Å². The fourth-order valence-electron chi connectivity index (χ4n) is 1.43. The van der Waals surface area contributed by atoms with E-state index in [2.05, 4.69) is 15.3 Å². The second kappa shape index (κ2) is 4.70. The lowest BCUT2D eigenvalue weighted by Gasteiger charge is -2.12. The molecule has 4 nitrogen and oxygen atoms in total. The maximum Gasteiger partial charge on any atom is 0.130 e. The Hall–Kier alpha value is -1.97. The van der Waals surface area contributed by atoms with Crippen molar-refractivity contribution in [3.8, 4) is 0 Å². The first-order valence-corrected chi connectivity index (χ1v) is 5.25. The molecule has 2 heterocycles. The number of rotatable bonds is 4. The van der Waals surface area contributed by atoms with Crippen LogP contribution in [-0.4, -0.2) is 24.1 Å². The Morgan fingerprint density at radius 1 is 1.31 bits per heavy atom. The molecule has 0 bridgehead atoms. The maximum atomic E-state index is 4.48. The molecule has 0 saturated heterocycles. The van der Waals surface area contributed by atoms with E-state index in [1.807, 2.05) is 55.7 Å². The Kier molecular flexibility index (Phi) is 3.10. The van der Waals surface area contributed by atoms with Crippen LogP contribution in [0, 0.1) is 0 Å². The highest BCUT2D eigenvalue weighted by Gasteiger charge is 1.99. The van der Waals surface area contributed by atoms with Gasteiger partial charge in [0.15, 0.2) is 0 Å². The molecule has 0 spiro atoms. The molecule has 2 aromatic heterocycles. The predicted molar refractivity (Wildman–Crippen MR) is 66.7 cm³/mol. The fourth-order valence-corrected chi connectivity index (χ4v) is 1.43. The number of hydrogen-bond acceptors (Lipinski definition) is 3. The molecular formula is C12H16N4. The third kappa shape index (κ3) is 2.53. The molecule has 16 heavy (non-hydrogen) atoms. The largest absolute Gasteiger partial charge is 0.367 e. The Balaban J connectivity index is 2.01. The smallest absolute Gasteiger partial charge is 0.130 e. The second-order valence-electron chi connectivity index (χ2n) is 3.85. The SMILES string of the molecule is CN(C)c1cccc(NCc2cc[nH]c2)n1. The molecule has 0 aliphatic rings. The average Bonchev–Trinajstić information content (AvgIpc) is 2.79. The molecule has 0 fully saturated rings. The van der Waals surface area contributed by atoms with Gasteiger partial charge in [-0.3, -0.25) is 0 Å². The molecule has 2 N–H and O–H groups in total. The summed E-state index contributed by atoms with van der Waals surface area (Å²) in [6.07, 6.45) is 3.89. The van der Waals surface area contributed by atoms with Gasteiger partial charge < -0.3 is 15.2 Å². The zero-order valence-electron chi connectivity index (χ0n) is 9.57. The number of hydrogen-bond donors (Lipinski definition) is 2. The highest BCUT2D eigenvalue weighted by Crippen LogP contribution is 2.12. The summed E-state index contributed by atoms with van der Waals surface area (Å²) in [4.78, 5) is 9.49. The van der Waals surface area contributed by atoms with E-state index in [9.17, 15) is 0 Å². The molecule has 0 radical (unpaired) electrons. The summed E-state index contributed by atoms with van der Waals surface area (Å²) in [5.74, 6) is 1.85. The van der Waals surface area contributed by atoms with E-state index in [4.69, 9.17) is 0 Å². The molecule has 0 atom stereocenters. The van der Waals surface area contributed by atoms with Crippen molar-refractivity contribution in [3.05, 3.63) is 42.2 Å². The summed E-state index contributed by atoms with van der Waals surface area (Å²) < 4.78 is 0. The molecule has 0 aromatic carbocycles. The third-order valence-corrected chi connectivity index (χ3v) is 2.33. The van der Waals surface area contributed by atoms with Crippen LogP contribution in [0.1, 0.15) is 5.56 Å². The lowest BCUT2D eigenvalue weighted by Crippen LogP contribution is -2.11. The molecule has 0 aliphatic carbocycles. The summed E-state index contributed by atoms with van der Waals surface area (Å²) in [7, 11) is 3.97. The van der Waals surface area contributed by atoms with Crippen LogP contribution in [-0.2, 0) is 6.54 Å². The van der Waals surface area contributed by atoms with Crippen molar-refractivity contribution < 1.29 is 0 Å². The molecule has 0 saturated carbocycles. The van der Waals surface area contributed by atoms with Crippen LogP contribution in [0.4, 0.5) is 11.6 Å². The summed E-state index contributed by atoms with van der Waals surface area (Å²) in [5.41, 5.74) is 1.22. The first kappa shape index (κ1) is 10.5. The zero-order chi connectivity index (χ0) is 11.4. The van der Waals surface area contributed by atoms with Crippen LogP contribution in [0.25, 0.3) is 0 Å². The topological polar surface area (TPSA) is 44.0 Å². The van der Waals surface area contributed by atoms with Gasteiger partial charge in [0.1, 0.15) is 11.6 Å². The van der Waals surface area contributed by atoms with Crippen LogP contribution in [0.15, 0.2) is 36.7 Å². The van der Waals surface area contributed by atoms with Gasteiger partial charge in [0, 0.05) is 33.0 Å². The normalized spacial score (nSPS) is 10.1. The lowest BCUT2D eigenvalue weighted by atomic mass is 10.3. The van der Waals surface area contributed by atoms with Crippen LogP contribution in [0.3, 0.4) is 0 Å². The van der Waals surface area contributed by atoms with E-state index in [0.717, 1.165) is 18.2 Å². The Morgan fingerprint density at radius 3 is 2.88 bits per heavy atom. The molecular weight excluding hydrogens is 200 g/mol. The molecule has 84 valence electrons. The molecule has 0 unspecified atom stereocenters. The van der Waals surface area contributed by atoms with Crippen molar-refractivity contribution in [1.82, 2.24) is 9.97 Å². The van der Waals surface area contributed by atoms with Gasteiger partial charge in [-0.1, -0.05) is 6.07 Å². The number of nitrogens with one attached hydrogen (secondary N) is 2. The van der Waals surface area contributed by atoms with Gasteiger partial charge in [-0.25, -0.2) is 4.98 Å². The van der Waals surface area contributed by atoms with E-state index in [1.54, 1.807) is 0 Å². The first-order valence-electron chi connectivity index (χ1n) is 5.25. The van der Waals surface area contributed by atoms with Gasteiger partial charge in [-0.15, -0.1) is 0 Å². The standard InChI is InChI=1S/C12H16N4/c1-16(2)12-5-3-4-11(15-12)14-9-10-6-7-13-8-10/h3-8,13H,9H2,1-2H3,(H,14,15). The van der Waals surface area contributed by atoms with E-state index in [1.165, 1.54) is 5.56 Å². The minimum atomic E-state index is 0.785. The van der Waals surface area contributed by atoms with Crippen molar-refractivity contribution >= 4 is 11.6 Å². The molecule has 4 heteroatoms. The highest BCUT2D eigenvalue weighted by atomic mass is 15.2. The number of H-pyrrole nitrogens is 1. The van der Waals surface area contributed by atoms with E-state index >= 15 is 0 Å². The van der Waals surface area contributed by atoms with Crippen molar-refractivity contribution in [1.29, 1.82) is 0 Å². The zero-order valence-corrected chi connectivity index (χ0v) is 9.57. The fraction of sp³-hybridized carbons (Fsp3) is 0.250. The van der Waals surface area contributed by atoms with Crippen LogP contribution in [0.2, 0.25) is 0 Å². The third-order valence-electron chi connectivity index (χ3n) is 2.33. The average molecular weight is 216 g/mol. The highest BCUT2D eigenvalue weighted by molar-refractivity contribution is 5.46. The molecule has 0 amide bonds. The van der Waals surface area contributed by atoms with E-state index in [0.29, 0.717) is 0 Å². The number of aromatic amines is 1. The summed E-state index contributed by atoms with van der Waals surface area (Å²) >= 11 is 0. The molecule has 0 aliphatic heterocycles. The summed E-state index contributed by atoms with van der Waals surface area (Å²) in [5, 5.41) is 3.28.